The van der Waals surface area contributed by atoms with Crippen molar-refractivity contribution in [1.82, 2.24) is 19.9 Å². The smallest absolute Gasteiger partial charge is 0.223 e. The van der Waals surface area contributed by atoms with Crippen LogP contribution in [0.2, 0.25) is 0 Å². The average molecular weight is 356 g/mol. The Bertz CT molecular complexity index is 654. The van der Waals surface area contributed by atoms with E-state index in [4.69, 9.17) is 5.11 Å². The van der Waals surface area contributed by atoms with Crippen molar-refractivity contribution in [2.75, 3.05) is 18.5 Å². The number of hydrogen-bond donors (Lipinski definition) is 2. The predicted molar refractivity (Wildman–Crippen MR) is 69.5 cm³/mol. The first-order valence-corrected chi connectivity index (χ1v) is 6.30. The maximum Gasteiger partial charge on any atom is 0.223 e. The molecule has 0 saturated carbocycles. The van der Waals surface area contributed by atoms with Crippen molar-refractivity contribution >= 4 is 27.5 Å². The van der Waals surface area contributed by atoms with Crippen LogP contribution in [0.5, 0.6) is 0 Å². The van der Waals surface area contributed by atoms with E-state index in [1.54, 1.807) is 23.7 Å². The van der Waals surface area contributed by atoms with Crippen LogP contribution in [0.3, 0.4) is 0 Å². The Hall–Kier alpha value is -1.30. The summed E-state index contributed by atoms with van der Waals surface area (Å²) in [4.78, 5) is 17.1. The molecule has 0 atom stereocenters. The number of aromatic nitrogens is 4. The van der Waals surface area contributed by atoms with Gasteiger partial charge in [-0.25, -0.2) is 9.97 Å². The number of anilines is 1. The van der Waals surface area contributed by atoms with Gasteiger partial charge in [-0.1, -0.05) is 12.4 Å². The third kappa shape index (κ3) is 2.83. The van der Waals surface area contributed by atoms with Gasteiger partial charge in [0.15, 0.2) is 0 Å². The average Bonchev–Trinajstić information content (AvgIpc) is 3.05. The number of hydrogen-bond acceptors (Lipinski definition) is 6. The molecular formula is C11H10MoN5OS-. The minimum atomic E-state index is 0. The first-order valence-electron chi connectivity index (χ1n) is 5.42. The topological polar surface area (TPSA) is 85.0 Å². The summed E-state index contributed by atoms with van der Waals surface area (Å²) in [5.74, 6) is 1.08. The summed E-state index contributed by atoms with van der Waals surface area (Å²) in [6.07, 6.45) is 3.27. The molecule has 0 aliphatic heterocycles. The van der Waals surface area contributed by atoms with Gasteiger partial charge in [-0.3, -0.25) is 0 Å². The minimum absolute atomic E-state index is 0. The minimum Gasteiger partial charge on any atom is -0.441 e. The molecule has 3 aromatic heterocycles. The number of imidazole rings is 1. The van der Waals surface area contributed by atoms with Crippen LogP contribution < -0.4 is 10.3 Å². The molecule has 0 unspecified atom stereocenters. The molecule has 3 heterocycles. The Balaban J connectivity index is 0.00000133. The Morgan fingerprint density at radius 3 is 3.00 bits per heavy atom. The van der Waals surface area contributed by atoms with Crippen LogP contribution in [0.4, 0.5) is 5.95 Å². The molecular weight excluding hydrogens is 346 g/mol. The second kappa shape index (κ2) is 6.23. The van der Waals surface area contributed by atoms with Gasteiger partial charge in [0.2, 0.25) is 5.95 Å². The first kappa shape index (κ1) is 14.1. The van der Waals surface area contributed by atoms with E-state index < -0.39 is 0 Å². The van der Waals surface area contributed by atoms with Crippen molar-refractivity contribution in [3.63, 3.8) is 0 Å². The summed E-state index contributed by atoms with van der Waals surface area (Å²) in [5.41, 5.74) is 1.58. The van der Waals surface area contributed by atoms with Crippen LogP contribution in [-0.2, 0) is 21.1 Å². The Kier molecular flexibility index (Phi) is 4.63. The Morgan fingerprint density at radius 2 is 2.26 bits per heavy atom. The standard InChI is InChI=1S/C11H10N5OS.Mo/c17-5-4-14-11-15-7-1-6-18-9(7)8(16-11)10-12-2-3-13-10;/h1-3,6,17H,4-5H2,(H-,12,13,14,15,16);/q-1;. The fraction of sp³-hybridized carbons (Fsp3) is 0.182. The van der Waals surface area contributed by atoms with Gasteiger partial charge in [-0.2, -0.15) is 0 Å². The van der Waals surface area contributed by atoms with Crippen molar-refractivity contribution in [2.24, 2.45) is 0 Å². The second-order valence-corrected chi connectivity index (χ2v) is 4.48. The number of rotatable bonds is 4. The van der Waals surface area contributed by atoms with E-state index in [1.165, 1.54) is 0 Å². The number of aliphatic hydroxyl groups excluding tert-OH is 1. The molecule has 0 spiro atoms. The van der Waals surface area contributed by atoms with Crippen LogP contribution in [0.1, 0.15) is 0 Å². The van der Waals surface area contributed by atoms with Gasteiger partial charge in [-0.15, -0.1) is 11.3 Å². The van der Waals surface area contributed by atoms with Crippen LogP contribution >= 0.6 is 11.3 Å². The zero-order chi connectivity index (χ0) is 12.4. The molecule has 0 bridgehead atoms. The summed E-state index contributed by atoms with van der Waals surface area (Å²) in [7, 11) is 0. The van der Waals surface area contributed by atoms with Gasteiger partial charge in [0.25, 0.3) is 0 Å². The Labute approximate surface area is 127 Å². The molecule has 3 rings (SSSR count). The van der Waals surface area contributed by atoms with Crippen molar-refractivity contribution in [3.8, 4) is 11.5 Å². The first-order chi connectivity index (χ1) is 8.88. The van der Waals surface area contributed by atoms with Gasteiger partial charge in [-0.05, 0) is 17.3 Å². The summed E-state index contributed by atoms with van der Waals surface area (Å²) in [6.45, 7) is 0.449. The number of nitrogens with zero attached hydrogens (tertiary/aromatic N) is 4. The molecule has 6 nitrogen and oxygen atoms in total. The molecule has 0 fully saturated rings. The third-order valence-corrected chi connectivity index (χ3v) is 3.28. The quantitative estimate of drug-likeness (QED) is 0.682. The van der Waals surface area contributed by atoms with Gasteiger partial charge < -0.3 is 20.4 Å². The zero-order valence-electron chi connectivity index (χ0n) is 9.78. The Morgan fingerprint density at radius 1 is 1.37 bits per heavy atom. The van der Waals surface area contributed by atoms with Crippen molar-refractivity contribution in [1.29, 1.82) is 0 Å². The van der Waals surface area contributed by atoms with Gasteiger partial charge in [0.05, 0.1) is 22.5 Å². The second-order valence-electron chi connectivity index (χ2n) is 3.56. The van der Waals surface area contributed by atoms with Crippen molar-refractivity contribution in [2.45, 2.75) is 0 Å². The van der Waals surface area contributed by atoms with Crippen molar-refractivity contribution in [3.05, 3.63) is 23.8 Å². The fourth-order valence-electron chi connectivity index (χ4n) is 1.63. The fourth-order valence-corrected chi connectivity index (χ4v) is 2.44. The summed E-state index contributed by atoms with van der Waals surface area (Å²) < 4.78 is 0.968. The third-order valence-electron chi connectivity index (χ3n) is 2.37. The summed E-state index contributed by atoms with van der Waals surface area (Å²) >= 11 is 1.56. The molecule has 98 valence electrons. The molecule has 0 saturated heterocycles. The van der Waals surface area contributed by atoms with E-state index in [0.29, 0.717) is 18.3 Å². The van der Waals surface area contributed by atoms with E-state index in [-0.39, 0.29) is 27.7 Å². The largest absolute Gasteiger partial charge is 0.441 e. The van der Waals surface area contributed by atoms with E-state index in [2.05, 4.69) is 25.3 Å². The molecule has 0 radical (unpaired) electrons. The molecule has 0 amide bonds. The number of aliphatic hydroxyl groups is 1. The monoisotopic (exact) mass is 358 g/mol. The van der Waals surface area contributed by atoms with Gasteiger partial charge in [0, 0.05) is 27.6 Å². The predicted octanol–water partition coefficient (Wildman–Crippen LogP) is 1.11. The van der Waals surface area contributed by atoms with E-state index in [1.807, 2.05) is 11.4 Å². The maximum atomic E-state index is 8.81. The molecule has 19 heavy (non-hydrogen) atoms. The number of thiophene rings is 1. The number of fused-ring (bicyclic) bond motifs is 1. The van der Waals surface area contributed by atoms with Crippen LogP contribution in [-0.4, -0.2) is 33.2 Å². The van der Waals surface area contributed by atoms with Gasteiger partial charge in [0.1, 0.15) is 0 Å². The van der Waals surface area contributed by atoms with Crippen molar-refractivity contribution < 1.29 is 26.2 Å². The molecule has 2 N–H and O–H groups in total. The van der Waals surface area contributed by atoms with Crippen LogP contribution in [0.15, 0.2) is 23.8 Å². The molecule has 0 aromatic carbocycles. The maximum absolute atomic E-state index is 8.81. The van der Waals surface area contributed by atoms with E-state index in [0.717, 1.165) is 15.9 Å². The van der Waals surface area contributed by atoms with Gasteiger partial charge >= 0.3 is 0 Å². The summed E-state index contributed by atoms with van der Waals surface area (Å²) in [6, 6.07) is 1.93. The SMILES string of the molecule is OCCNc1nc(-c2ncc[n-]2)c2sccc2n1.[Mo]. The number of nitrogens with one attached hydrogen (secondary N) is 1. The molecule has 0 aliphatic rings. The van der Waals surface area contributed by atoms with Crippen LogP contribution in [0.25, 0.3) is 21.7 Å². The van der Waals surface area contributed by atoms with Crippen LogP contribution in [0, 0.1) is 0 Å². The molecule has 8 heteroatoms. The van der Waals surface area contributed by atoms with E-state index >= 15 is 0 Å². The summed E-state index contributed by atoms with van der Waals surface area (Å²) in [5, 5.41) is 13.7. The normalized spacial score (nSPS) is 10.4. The zero-order valence-corrected chi connectivity index (χ0v) is 12.6. The molecule has 0 aliphatic carbocycles. The molecule has 3 aromatic rings. The van der Waals surface area contributed by atoms with E-state index in [9.17, 15) is 0 Å².